The molecule has 218 valence electrons. The number of allylic oxidation sites excluding steroid dienone is 4. The molecule has 0 spiro atoms. The van der Waals surface area contributed by atoms with E-state index in [1.54, 1.807) is 0 Å². The van der Waals surface area contributed by atoms with Crippen molar-refractivity contribution in [3.8, 4) is 5.69 Å². The minimum absolute atomic E-state index is 0.401. The maximum atomic E-state index is 2.50. The van der Waals surface area contributed by atoms with E-state index in [2.05, 4.69) is 162 Å². The summed E-state index contributed by atoms with van der Waals surface area (Å²) in [6, 6.07) is 49.1. The first-order valence-corrected chi connectivity index (χ1v) is 16.9. The largest absolute Gasteiger partial charge is 0.313 e. The zero-order valence-electron chi connectivity index (χ0n) is 25.4. The van der Waals surface area contributed by atoms with Gasteiger partial charge >= 0.3 is 0 Å². The lowest BCUT2D eigenvalue weighted by Crippen LogP contribution is -2.08. The van der Waals surface area contributed by atoms with Crippen LogP contribution in [-0.4, -0.2) is 9.13 Å². The second kappa shape index (κ2) is 9.81. The van der Waals surface area contributed by atoms with Gasteiger partial charge in [0.1, 0.15) is 0 Å². The molecule has 3 heteroatoms. The van der Waals surface area contributed by atoms with Gasteiger partial charge in [-0.15, -0.1) is 11.3 Å². The minimum Gasteiger partial charge on any atom is -0.313 e. The van der Waals surface area contributed by atoms with Crippen molar-refractivity contribution >= 4 is 86.4 Å². The molecule has 1 unspecified atom stereocenters. The molecule has 3 heterocycles. The van der Waals surface area contributed by atoms with Crippen molar-refractivity contribution in [2.75, 3.05) is 0 Å². The first kappa shape index (κ1) is 25.9. The Hall–Kier alpha value is -5.38. The maximum Gasteiger partial charge on any atom is 0.0548 e. The van der Waals surface area contributed by atoms with Crippen molar-refractivity contribution in [1.82, 2.24) is 9.13 Å². The van der Waals surface area contributed by atoms with Crippen LogP contribution in [0.4, 0.5) is 0 Å². The molecule has 46 heavy (non-hydrogen) atoms. The Labute approximate surface area is 270 Å². The molecule has 6 aromatic carbocycles. The van der Waals surface area contributed by atoms with Gasteiger partial charge in [0.15, 0.2) is 0 Å². The summed E-state index contributed by atoms with van der Waals surface area (Å²) in [6.45, 7) is 2.35. The van der Waals surface area contributed by atoms with Crippen LogP contribution in [-0.2, 0) is 0 Å². The van der Waals surface area contributed by atoms with E-state index in [1.807, 2.05) is 11.3 Å². The van der Waals surface area contributed by atoms with Gasteiger partial charge in [0.25, 0.3) is 0 Å². The molecule has 1 aliphatic rings. The van der Waals surface area contributed by atoms with Crippen molar-refractivity contribution in [3.63, 3.8) is 0 Å². The second-order valence-electron chi connectivity index (χ2n) is 12.6. The van der Waals surface area contributed by atoms with Crippen LogP contribution >= 0.6 is 11.3 Å². The van der Waals surface area contributed by atoms with Gasteiger partial charge in [0.2, 0.25) is 0 Å². The number of benzene rings is 6. The highest BCUT2D eigenvalue weighted by molar-refractivity contribution is 7.25. The maximum absolute atomic E-state index is 2.50. The molecule has 0 saturated carbocycles. The van der Waals surface area contributed by atoms with Gasteiger partial charge in [-0.2, -0.15) is 0 Å². The summed E-state index contributed by atoms with van der Waals surface area (Å²) in [4.78, 5) is 0. The van der Waals surface area contributed by atoms with Crippen molar-refractivity contribution in [1.29, 1.82) is 0 Å². The summed E-state index contributed by atoms with van der Waals surface area (Å²) in [6.07, 6.45) is 5.90. The summed E-state index contributed by atoms with van der Waals surface area (Å²) >= 11 is 1.89. The van der Waals surface area contributed by atoms with Crippen LogP contribution in [0.1, 0.15) is 18.9 Å². The van der Waals surface area contributed by atoms with E-state index in [0.717, 1.165) is 6.42 Å². The van der Waals surface area contributed by atoms with E-state index in [4.69, 9.17) is 0 Å². The molecule has 3 aromatic heterocycles. The van der Waals surface area contributed by atoms with E-state index < -0.39 is 0 Å². The third-order valence-corrected chi connectivity index (χ3v) is 10.9. The molecule has 0 bridgehead atoms. The molecule has 0 fully saturated rings. The first-order chi connectivity index (χ1) is 22.7. The fourth-order valence-corrected chi connectivity index (χ4v) is 9.02. The smallest absolute Gasteiger partial charge is 0.0548 e. The molecule has 0 aliphatic heterocycles. The standard InChI is InChI=1S/C43H30N2S/c1-27-22-28(24-29(23-27)44-38-18-8-3-13-31(38)32-14-4-9-19-39(32)44)30-12-2-7-17-37(30)45-40-20-10-5-15-33(40)35-26-43-36(25-41(35)45)34-16-6-11-21-42(34)46-43/h2-22,24-27H,23H2,1H3. The second-order valence-corrected chi connectivity index (χ2v) is 13.7. The van der Waals surface area contributed by atoms with Gasteiger partial charge in [0.05, 0.1) is 27.8 Å². The van der Waals surface area contributed by atoms with Crippen molar-refractivity contribution in [2.24, 2.45) is 5.92 Å². The summed E-state index contributed by atoms with van der Waals surface area (Å²) in [5, 5.41) is 7.86. The van der Waals surface area contributed by atoms with Crippen molar-refractivity contribution < 1.29 is 0 Å². The van der Waals surface area contributed by atoms with Crippen LogP contribution in [0, 0.1) is 5.92 Å². The minimum atomic E-state index is 0.401. The summed E-state index contributed by atoms with van der Waals surface area (Å²) in [5.74, 6) is 0.401. The highest BCUT2D eigenvalue weighted by atomic mass is 32.1. The van der Waals surface area contributed by atoms with E-state index in [-0.39, 0.29) is 0 Å². The number of rotatable bonds is 3. The normalized spacial score (nSPS) is 15.5. The fraction of sp³-hybridized carbons (Fsp3) is 0.0698. The molecule has 1 atom stereocenters. The zero-order valence-corrected chi connectivity index (χ0v) is 26.3. The van der Waals surface area contributed by atoms with Gasteiger partial charge in [-0.25, -0.2) is 0 Å². The molecular formula is C43H30N2S. The van der Waals surface area contributed by atoms with Crippen LogP contribution in [0.2, 0.25) is 0 Å². The molecule has 2 nitrogen and oxygen atoms in total. The number of nitrogens with zero attached hydrogens (tertiary/aromatic N) is 2. The molecule has 0 saturated heterocycles. The Morgan fingerprint density at radius 1 is 0.522 bits per heavy atom. The van der Waals surface area contributed by atoms with Gasteiger partial charge in [-0.3, -0.25) is 0 Å². The Morgan fingerprint density at radius 3 is 1.85 bits per heavy atom. The van der Waals surface area contributed by atoms with Crippen LogP contribution < -0.4 is 0 Å². The molecule has 1 aliphatic carbocycles. The topological polar surface area (TPSA) is 9.86 Å². The highest BCUT2D eigenvalue weighted by Gasteiger charge is 2.22. The number of hydrogen-bond acceptors (Lipinski definition) is 1. The third kappa shape index (κ3) is 3.70. The lowest BCUT2D eigenvalue weighted by atomic mass is 9.90. The number of hydrogen-bond donors (Lipinski definition) is 0. The van der Waals surface area contributed by atoms with Crippen molar-refractivity contribution in [2.45, 2.75) is 13.3 Å². The number of thiophene rings is 1. The molecule has 0 radical (unpaired) electrons. The Morgan fingerprint density at radius 2 is 1.11 bits per heavy atom. The van der Waals surface area contributed by atoms with E-state index in [1.165, 1.54) is 86.3 Å². The van der Waals surface area contributed by atoms with Crippen LogP contribution in [0.25, 0.3) is 80.7 Å². The molecule has 10 rings (SSSR count). The molecule has 9 aromatic rings. The SMILES string of the molecule is CC1C=C(c2ccccc2-n2c3ccccc3c3cc4sc5ccccc5c4cc32)C=C(n2c3ccccc3c3ccccc32)C1. The quantitative estimate of drug-likeness (QED) is 0.189. The van der Waals surface area contributed by atoms with Gasteiger partial charge in [-0.1, -0.05) is 104 Å². The van der Waals surface area contributed by atoms with Gasteiger partial charge in [0, 0.05) is 53.0 Å². The monoisotopic (exact) mass is 606 g/mol. The Bertz CT molecular complexity index is 2690. The summed E-state index contributed by atoms with van der Waals surface area (Å²) < 4.78 is 7.67. The molecular weight excluding hydrogens is 577 g/mol. The number of aromatic nitrogens is 2. The summed E-state index contributed by atoms with van der Waals surface area (Å²) in [5.41, 5.74) is 10.1. The van der Waals surface area contributed by atoms with Gasteiger partial charge < -0.3 is 9.13 Å². The van der Waals surface area contributed by atoms with Crippen LogP contribution in [0.3, 0.4) is 0 Å². The van der Waals surface area contributed by atoms with Gasteiger partial charge in [-0.05, 0) is 66.5 Å². The molecule has 0 amide bonds. The Kier molecular flexibility index (Phi) is 5.52. The zero-order chi connectivity index (χ0) is 30.4. The Balaban J connectivity index is 1.23. The first-order valence-electron chi connectivity index (χ1n) is 16.1. The highest BCUT2D eigenvalue weighted by Crippen LogP contribution is 2.43. The van der Waals surface area contributed by atoms with E-state index in [0.29, 0.717) is 5.92 Å². The fourth-order valence-electron chi connectivity index (χ4n) is 7.90. The lowest BCUT2D eigenvalue weighted by Gasteiger charge is -2.23. The average molecular weight is 607 g/mol. The van der Waals surface area contributed by atoms with Crippen LogP contribution in [0.5, 0.6) is 0 Å². The number of para-hydroxylation sites is 4. The van der Waals surface area contributed by atoms with E-state index >= 15 is 0 Å². The number of fused-ring (bicyclic) bond motifs is 9. The van der Waals surface area contributed by atoms with Crippen molar-refractivity contribution in [3.05, 3.63) is 151 Å². The predicted molar refractivity (Wildman–Crippen MR) is 199 cm³/mol. The van der Waals surface area contributed by atoms with E-state index in [9.17, 15) is 0 Å². The third-order valence-electron chi connectivity index (χ3n) is 9.81. The van der Waals surface area contributed by atoms with Crippen LogP contribution in [0.15, 0.2) is 146 Å². The average Bonchev–Trinajstić information content (AvgIpc) is 3.74. The summed E-state index contributed by atoms with van der Waals surface area (Å²) in [7, 11) is 0. The lowest BCUT2D eigenvalue weighted by molar-refractivity contribution is 0.733. The predicted octanol–water partition coefficient (Wildman–Crippen LogP) is 12.2. The molecule has 0 N–H and O–H groups in total.